The lowest BCUT2D eigenvalue weighted by atomic mass is 10.0. The number of carbonyl (C=O) groups is 1. The van der Waals surface area contributed by atoms with Gasteiger partial charge < -0.3 is 5.11 Å². The molecule has 0 aliphatic heterocycles. The van der Waals surface area contributed by atoms with E-state index in [1.54, 1.807) is 0 Å². The van der Waals surface area contributed by atoms with Crippen molar-refractivity contribution < 1.29 is 23.1 Å². The van der Waals surface area contributed by atoms with E-state index in [-0.39, 0.29) is 5.56 Å². The molecule has 2 nitrogen and oxygen atoms in total. The van der Waals surface area contributed by atoms with Gasteiger partial charge in [-0.1, -0.05) is 11.8 Å². The van der Waals surface area contributed by atoms with Crippen LogP contribution in [-0.2, 0) is 6.18 Å². The van der Waals surface area contributed by atoms with Gasteiger partial charge in [0.15, 0.2) is 0 Å². The third-order valence-corrected chi connectivity index (χ3v) is 2.25. The molecule has 18 heavy (non-hydrogen) atoms. The van der Waals surface area contributed by atoms with Gasteiger partial charge in [0.05, 0.1) is 11.1 Å². The Kier molecular flexibility index (Phi) is 4.68. The third-order valence-electron chi connectivity index (χ3n) is 2.02. The quantitative estimate of drug-likeness (QED) is 0.642. The number of thiol groups is 1. The van der Waals surface area contributed by atoms with E-state index in [1.807, 2.05) is 0 Å². The lowest BCUT2D eigenvalue weighted by Gasteiger charge is -2.10. The maximum Gasteiger partial charge on any atom is 0.417 e. The second-order valence-corrected chi connectivity index (χ2v) is 3.79. The summed E-state index contributed by atoms with van der Waals surface area (Å²) in [4.78, 5) is 10.7. The number of alkyl halides is 3. The van der Waals surface area contributed by atoms with Crippen LogP contribution in [0.3, 0.4) is 0 Å². The molecular formula is C12H9F3O2S. The molecule has 1 N–H and O–H groups in total. The summed E-state index contributed by atoms with van der Waals surface area (Å²) in [6, 6.07) is 2.91. The van der Waals surface area contributed by atoms with Gasteiger partial charge in [-0.25, -0.2) is 4.79 Å². The standard InChI is InChI=1S/C12H9F3O2S/c13-12(14,15)10-7-8(3-1-2-6-18)4-5-9(10)11(16)17/h4-5,7,18H,2,6H2,(H,16,17). The number of benzene rings is 1. The van der Waals surface area contributed by atoms with E-state index < -0.39 is 23.3 Å². The summed E-state index contributed by atoms with van der Waals surface area (Å²) in [6.07, 6.45) is -4.26. The SMILES string of the molecule is O=C(O)c1ccc(C#CCCS)cc1C(F)(F)F. The molecule has 0 atom stereocenters. The van der Waals surface area contributed by atoms with E-state index >= 15 is 0 Å². The fourth-order valence-electron chi connectivity index (χ4n) is 1.26. The van der Waals surface area contributed by atoms with Crippen LogP contribution in [0.2, 0.25) is 0 Å². The first-order valence-electron chi connectivity index (χ1n) is 4.90. The Morgan fingerprint density at radius 3 is 2.56 bits per heavy atom. The summed E-state index contributed by atoms with van der Waals surface area (Å²) < 4.78 is 38.0. The number of aromatic carboxylic acids is 1. The molecule has 0 unspecified atom stereocenters. The Hall–Kier alpha value is -1.61. The van der Waals surface area contributed by atoms with Gasteiger partial charge in [0.2, 0.25) is 0 Å². The van der Waals surface area contributed by atoms with Gasteiger partial charge in [-0.2, -0.15) is 25.8 Å². The van der Waals surface area contributed by atoms with Crippen LogP contribution in [0.1, 0.15) is 27.9 Å². The average Bonchev–Trinajstić information content (AvgIpc) is 2.28. The molecule has 6 heteroatoms. The Balaban J connectivity index is 3.23. The molecule has 0 heterocycles. The van der Waals surface area contributed by atoms with Gasteiger partial charge in [-0.3, -0.25) is 0 Å². The lowest BCUT2D eigenvalue weighted by molar-refractivity contribution is -0.138. The van der Waals surface area contributed by atoms with Gasteiger partial charge in [0.1, 0.15) is 0 Å². The monoisotopic (exact) mass is 274 g/mol. The van der Waals surface area contributed by atoms with Crippen LogP contribution >= 0.6 is 12.6 Å². The number of carboxylic acid groups (broad SMARTS) is 1. The van der Waals surface area contributed by atoms with E-state index in [1.165, 1.54) is 6.07 Å². The molecule has 0 bridgehead atoms. The predicted octanol–water partition coefficient (Wildman–Crippen LogP) is 3.08. The number of hydrogen-bond acceptors (Lipinski definition) is 2. The molecule has 0 aliphatic carbocycles. The second kappa shape index (κ2) is 5.83. The number of halogens is 3. The average molecular weight is 274 g/mol. The van der Waals surface area contributed by atoms with Gasteiger partial charge in [-0.05, 0) is 18.2 Å². The molecule has 0 saturated heterocycles. The maximum atomic E-state index is 12.7. The maximum absolute atomic E-state index is 12.7. The van der Waals surface area contributed by atoms with Crippen molar-refractivity contribution >= 4 is 18.6 Å². The molecule has 1 aromatic rings. The van der Waals surface area contributed by atoms with Gasteiger partial charge in [-0.15, -0.1) is 0 Å². The zero-order chi connectivity index (χ0) is 13.8. The van der Waals surface area contributed by atoms with Crippen LogP contribution in [0.4, 0.5) is 13.2 Å². The van der Waals surface area contributed by atoms with Crippen molar-refractivity contribution in [3.8, 4) is 11.8 Å². The first kappa shape index (κ1) is 14.5. The highest BCUT2D eigenvalue weighted by Gasteiger charge is 2.35. The van der Waals surface area contributed by atoms with E-state index in [4.69, 9.17) is 5.11 Å². The fraction of sp³-hybridized carbons (Fsp3) is 0.250. The highest BCUT2D eigenvalue weighted by molar-refractivity contribution is 7.80. The minimum atomic E-state index is -4.71. The fourth-order valence-corrected chi connectivity index (χ4v) is 1.38. The van der Waals surface area contributed by atoms with Crippen LogP contribution in [-0.4, -0.2) is 16.8 Å². The van der Waals surface area contributed by atoms with Crippen molar-refractivity contribution in [3.63, 3.8) is 0 Å². The largest absolute Gasteiger partial charge is 0.478 e. The first-order chi connectivity index (χ1) is 8.36. The van der Waals surface area contributed by atoms with Gasteiger partial charge in [0, 0.05) is 17.7 Å². The highest BCUT2D eigenvalue weighted by atomic mass is 32.1. The molecule has 0 saturated carbocycles. The zero-order valence-electron chi connectivity index (χ0n) is 9.08. The first-order valence-corrected chi connectivity index (χ1v) is 5.53. The topological polar surface area (TPSA) is 37.3 Å². The summed E-state index contributed by atoms with van der Waals surface area (Å²) in [5, 5.41) is 8.69. The Bertz CT molecular complexity index is 512. The van der Waals surface area contributed by atoms with Crippen molar-refractivity contribution in [2.75, 3.05) is 5.75 Å². The van der Waals surface area contributed by atoms with Crippen molar-refractivity contribution in [1.29, 1.82) is 0 Å². The van der Waals surface area contributed by atoms with Crippen LogP contribution in [0.5, 0.6) is 0 Å². The van der Waals surface area contributed by atoms with Crippen molar-refractivity contribution in [3.05, 3.63) is 34.9 Å². The lowest BCUT2D eigenvalue weighted by Crippen LogP contribution is -2.13. The third kappa shape index (κ3) is 3.70. The minimum absolute atomic E-state index is 0.133. The molecule has 0 aromatic heterocycles. The number of carboxylic acids is 1. The summed E-state index contributed by atoms with van der Waals surface area (Å²) >= 11 is 3.92. The molecule has 0 amide bonds. The van der Waals surface area contributed by atoms with Crippen LogP contribution in [0, 0.1) is 11.8 Å². The van der Waals surface area contributed by atoms with E-state index in [9.17, 15) is 18.0 Å². The molecule has 1 rings (SSSR count). The number of hydrogen-bond donors (Lipinski definition) is 2. The van der Waals surface area contributed by atoms with Crippen molar-refractivity contribution in [2.45, 2.75) is 12.6 Å². The van der Waals surface area contributed by atoms with E-state index in [0.717, 1.165) is 12.1 Å². The summed E-state index contributed by atoms with van der Waals surface area (Å²) in [5.74, 6) is 4.06. The van der Waals surface area contributed by atoms with Crippen LogP contribution in [0.25, 0.3) is 0 Å². The summed E-state index contributed by atoms with van der Waals surface area (Å²) in [5.41, 5.74) is -1.83. The molecule has 1 aromatic carbocycles. The highest BCUT2D eigenvalue weighted by Crippen LogP contribution is 2.32. The minimum Gasteiger partial charge on any atom is -0.478 e. The van der Waals surface area contributed by atoms with Crippen molar-refractivity contribution in [2.24, 2.45) is 0 Å². The van der Waals surface area contributed by atoms with Crippen LogP contribution < -0.4 is 0 Å². The molecule has 0 aliphatic rings. The Morgan fingerprint density at radius 1 is 1.39 bits per heavy atom. The van der Waals surface area contributed by atoms with Crippen molar-refractivity contribution in [1.82, 2.24) is 0 Å². The number of rotatable bonds is 2. The molecule has 0 radical (unpaired) electrons. The predicted molar refractivity (Wildman–Crippen MR) is 63.8 cm³/mol. The Morgan fingerprint density at radius 2 is 2.06 bits per heavy atom. The second-order valence-electron chi connectivity index (χ2n) is 3.34. The van der Waals surface area contributed by atoms with Gasteiger partial charge in [0.25, 0.3) is 0 Å². The summed E-state index contributed by atoms with van der Waals surface area (Å²) in [6.45, 7) is 0. The van der Waals surface area contributed by atoms with Crippen LogP contribution in [0.15, 0.2) is 18.2 Å². The van der Waals surface area contributed by atoms with Gasteiger partial charge >= 0.3 is 12.1 Å². The summed E-state index contributed by atoms with van der Waals surface area (Å²) in [7, 11) is 0. The van der Waals surface area contributed by atoms with E-state index in [0.29, 0.717) is 12.2 Å². The zero-order valence-corrected chi connectivity index (χ0v) is 9.98. The normalized spacial score (nSPS) is 10.7. The molecule has 0 fully saturated rings. The molecule has 96 valence electrons. The smallest absolute Gasteiger partial charge is 0.417 e. The Labute approximate surface area is 107 Å². The molecule has 0 spiro atoms. The van der Waals surface area contributed by atoms with E-state index in [2.05, 4.69) is 24.5 Å². The molecular weight excluding hydrogens is 265 g/mol.